The minimum atomic E-state index is 0.764. The number of nitrogens with two attached hydrogens (primary N) is 1. The van der Waals surface area contributed by atoms with Crippen molar-refractivity contribution in [3.05, 3.63) is 0 Å². The molecule has 1 unspecified atom stereocenters. The van der Waals surface area contributed by atoms with Gasteiger partial charge in [0.2, 0.25) is 0 Å². The summed E-state index contributed by atoms with van der Waals surface area (Å²) in [7, 11) is 0. The van der Waals surface area contributed by atoms with E-state index >= 15 is 0 Å². The lowest BCUT2D eigenvalue weighted by molar-refractivity contribution is 0.139. The van der Waals surface area contributed by atoms with Crippen LogP contribution in [0.25, 0.3) is 0 Å². The molecule has 11 heavy (non-hydrogen) atoms. The molecule has 0 aliphatic heterocycles. The molecule has 0 aromatic heterocycles. The topological polar surface area (TPSA) is 35.2 Å². The SMILES string of the molecule is CCOCCCC(C)CCN. The smallest absolute Gasteiger partial charge is 0.0465 e. The van der Waals surface area contributed by atoms with Crippen LogP contribution in [0.4, 0.5) is 0 Å². The van der Waals surface area contributed by atoms with Gasteiger partial charge in [0.25, 0.3) is 0 Å². The maximum Gasteiger partial charge on any atom is 0.0465 e. The third-order valence-corrected chi connectivity index (χ3v) is 1.85. The van der Waals surface area contributed by atoms with Gasteiger partial charge in [-0.2, -0.15) is 0 Å². The fourth-order valence-corrected chi connectivity index (χ4v) is 1.11. The monoisotopic (exact) mass is 159 g/mol. The van der Waals surface area contributed by atoms with Gasteiger partial charge in [0.1, 0.15) is 0 Å². The normalized spacial score (nSPS) is 13.4. The Morgan fingerprint density at radius 1 is 1.36 bits per heavy atom. The van der Waals surface area contributed by atoms with Gasteiger partial charge in [0, 0.05) is 13.2 Å². The maximum atomic E-state index is 5.43. The van der Waals surface area contributed by atoms with E-state index in [4.69, 9.17) is 10.5 Å². The summed E-state index contributed by atoms with van der Waals surface area (Å²) in [6.07, 6.45) is 3.57. The van der Waals surface area contributed by atoms with Crippen molar-refractivity contribution < 1.29 is 4.74 Å². The molecular formula is C9H21NO. The zero-order valence-electron chi connectivity index (χ0n) is 7.81. The summed E-state index contributed by atoms with van der Waals surface area (Å²) < 4.78 is 5.23. The van der Waals surface area contributed by atoms with Crippen molar-refractivity contribution in [3.63, 3.8) is 0 Å². The van der Waals surface area contributed by atoms with Gasteiger partial charge in [0.05, 0.1) is 0 Å². The Bertz CT molecular complexity index is 76.0. The van der Waals surface area contributed by atoms with Gasteiger partial charge >= 0.3 is 0 Å². The Hall–Kier alpha value is -0.0800. The zero-order chi connectivity index (χ0) is 8.53. The van der Waals surface area contributed by atoms with E-state index < -0.39 is 0 Å². The van der Waals surface area contributed by atoms with E-state index in [-0.39, 0.29) is 0 Å². The van der Waals surface area contributed by atoms with Crippen molar-refractivity contribution in [2.24, 2.45) is 11.7 Å². The summed E-state index contributed by atoms with van der Waals surface area (Å²) in [5, 5.41) is 0. The second kappa shape index (κ2) is 8.02. The molecule has 0 aliphatic rings. The first-order valence-electron chi connectivity index (χ1n) is 4.59. The quantitative estimate of drug-likeness (QED) is 0.575. The molecule has 0 spiro atoms. The highest BCUT2D eigenvalue weighted by Gasteiger charge is 1.99. The van der Waals surface area contributed by atoms with Crippen LogP contribution in [0.2, 0.25) is 0 Å². The Labute approximate surface area is 70.1 Å². The summed E-state index contributed by atoms with van der Waals surface area (Å²) >= 11 is 0. The van der Waals surface area contributed by atoms with Gasteiger partial charge in [-0.25, -0.2) is 0 Å². The van der Waals surface area contributed by atoms with E-state index in [0.717, 1.165) is 32.1 Å². The molecule has 0 saturated carbocycles. The van der Waals surface area contributed by atoms with Crippen LogP contribution in [-0.2, 0) is 4.74 Å². The first-order chi connectivity index (χ1) is 5.31. The molecule has 0 heterocycles. The average molecular weight is 159 g/mol. The third-order valence-electron chi connectivity index (χ3n) is 1.85. The Kier molecular flexibility index (Phi) is 7.96. The highest BCUT2D eigenvalue weighted by Crippen LogP contribution is 2.08. The summed E-state index contributed by atoms with van der Waals surface area (Å²) in [6.45, 7) is 6.84. The van der Waals surface area contributed by atoms with Crippen LogP contribution < -0.4 is 5.73 Å². The lowest BCUT2D eigenvalue weighted by Crippen LogP contribution is -2.06. The molecule has 2 N–H and O–H groups in total. The van der Waals surface area contributed by atoms with Crippen LogP contribution >= 0.6 is 0 Å². The minimum Gasteiger partial charge on any atom is -0.382 e. The van der Waals surface area contributed by atoms with E-state index in [1.165, 1.54) is 12.8 Å². The summed E-state index contributed by atoms with van der Waals surface area (Å²) in [5.41, 5.74) is 5.43. The number of ether oxygens (including phenoxy) is 1. The molecule has 0 aliphatic carbocycles. The molecule has 0 amide bonds. The average Bonchev–Trinajstić information content (AvgIpc) is 1.99. The molecule has 0 bridgehead atoms. The molecule has 2 heteroatoms. The van der Waals surface area contributed by atoms with Crippen LogP contribution in [0.3, 0.4) is 0 Å². The highest BCUT2D eigenvalue weighted by molar-refractivity contribution is 4.53. The van der Waals surface area contributed by atoms with Crippen molar-refractivity contribution >= 4 is 0 Å². The maximum absolute atomic E-state index is 5.43. The molecule has 68 valence electrons. The van der Waals surface area contributed by atoms with Gasteiger partial charge in [-0.05, 0) is 38.6 Å². The van der Waals surface area contributed by atoms with Crippen molar-refractivity contribution in [1.82, 2.24) is 0 Å². The molecule has 2 nitrogen and oxygen atoms in total. The fourth-order valence-electron chi connectivity index (χ4n) is 1.11. The first kappa shape index (κ1) is 10.9. The second-order valence-corrected chi connectivity index (χ2v) is 3.02. The fraction of sp³-hybridized carbons (Fsp3) is 1.00. The molecule has 0 aromatic rings. The number of rotatable bonds is 7. The van der Waals surface area contributed by atoms with E-state index in [1.807, 2.05) is 6.92 Å². The molecule has 0 radical (unpaired) electrons. The number of hydrogen-bond donors (Lipinski definition) is 1. The van der Waals surface area contributed by atoms with Gasteiger partial charge in [-0.3, -0.25) is 0 Å². The van der Waals surface area contributed by atoms with Gasteiger partial charge in [-0.15, -0.1) is 0 Å². The molecule has 0 rings (SSSR count). The Morgan fingerprint density at radius 2 is 2.09 bits per heavy atom. The van der Waals surface area contributed by atoms with Crippen LogP contribution in [0.15, 0.2) is 0 Å². The van der Waals surface area contributed by atoms with Crippen molar-refractivity contribution in [1.29, 1.82) is 0 Å². The second-order valence-electron chi connectivity index (χ2n) is 3.02. The van der Waals surface area contributed by atoms with Crippen LogP contribution in [0.1, 0.15) is 33.1 Å². The van der Waals surface area contributed by atoms with Gasteiger partial charge < -0.3 is 10.5 Å². The Morgan fingerprint density at radius 3 is 2.64 bits per heavy atom. The summed E-state index contributed by atoms with van der Waals surface area (Å²) in [5.74, 6) is 0.764. The van der Waals surface area contributed by atoms with Crippen molar-refractivity contribution in [2.75, 3.05) is 19.8 Å². The van der Waals surface area contributed by atoms with Gasteiger partial charge in [-0.1, -0.05) is 6.92 Å². The van der Waals surface area contributed by atoms with Crippen LogP contribution in [-0.4, -0.2) is 19.8 Å². The van der Waals surface area contributed by atoms with Crippen molar-refractivity contribution in [2.45, 2.75) is 33.1 Å². The predicted molar refractivity (Wildman–Crippen MR) is 48.6 cm³/mol. The predicted octanol–water partition coefficient (Wildman–Crippen LogP) is 1.79. The largest absolute Gasteiger partial charge is 0.382 e. The summed E-state index contributed by atoms with van der Waals surface area (Å²) in [4.78, 5) is 0. The molecule has 1 atom stereocenters. The summed E-state index contributed by atoms with van der Waals surface area (Å²) in [6, 6.07) is 0. The third kappa shape index (κ3) is 7.82. The minimum absolute atomic E-state index is 0.764. The molecule has 0 saturated heterocycles. The lowest BCUT2D eigenvalue weighted by atomic mass is 10.0. The van der Waals surface area contributed by atoms with Crippen molar-refractivity contribution in [3.8, 4) is 0 Å². The Balaban J connectivity index is 2.97. The molecular weight excluding hydrogens is 138 g/mol. The van der Waals surface area contributed by atoms with Gasteiger partial charge in [0.15, 0.2) is 0 Å². The van der Waals surface area contributed by atoms with Crippen LogP contribution in [0, 0.1) is 5.92 Å². The first-order valence-corrected chi connectivity index (χ1v) is 4.59. The number of hydrogen-bond acceptors (Lipinski definition) is 2. The molecule has 0 aromatic carbocycles. The van der Waals surface area contributed by atoms with E-state index in [0.29, 0.717) is 0 Å². The van der Waals surface area contributed by atoms with E-state index in [1.54, 1.807) is 0 Å². The highest BCUT2D eigenvalue weighted by atomic mass is 16.5. The van der Waals surface area contributed by atoms with E-state index in [9.17, 15) is 0 Å². The molecule has 0 fully saturated rings. The lowest BCUT2D eigenvalue weighted by Gasteiger charge is -2.08. The van der Waals surface area contributed by atoms with Crippen LogP contribution in [0.5, 0.6) is 0 Å². The zero-order valence-corrected chi connectivity index (χ0v) is 7.81. The van der Waals surface area contributed by atoms with E-state index in [2.05, 4.69) is 6.92 Å². The standard InChI is InChI=1S/C9H21NO/c1-3-11-8-4-5-9(2)6-7-10/h9H,3-8,10H2,1-2H3.